The second kappa shape index (κ2) is 27.4. The molecule has 3 aromatic heterocycles. The third kappa shape index (κ3) is 13.3. The molecule has 0 spiro atoms. The Morgan fingerprint density at radius 3 is 1.49 bits per heavy atom. The predicted octanol–water partition coefficient (Wildman–Crippen LogP) is 5.66. The molecule has 22 nitrogen and oxygen atoms in total. The maximum absolute atomic E-state index is 13.7. The maximum atomic E-state index is 13.7. The zero-order valence-electron chi connectivity index (χ0n) is 50.7. The molecule has 90 heavy (non-hydrogen) atoms. The highest BCUT2D eigenvalue weighted by Crippen LogP contribution is 2.40. The molecule has 10 N–H and O–H groups in total. The molecule has 470 valence electrons. The van der Waals surface area contributed by atoms with E-state index >= 15 is 0 Å². The number of rotatable bonds is 23. The monoisotopic (exact) mass is 1220 g/mol. The van der Waals surface area contributed by atoms with Gasteiger partial charge < -0.3 is 71.3 Å². The molecule has 12 rings (SSSR count). The number of carbonyl (C=O) groups excluding carboxylic acids is 4. The third-order valence-electron chi connectivity index (χ3n) is 18.5. The van der Waals surface area contributed by atoms with Crippen LogP contribution in [0.5, 0.6) is 0 Å². The van der Waals surface area contributed by atoms with Gasteiger partial charge in [-0.15, -0.1) is 0 Å². The Labute approximate surface area is 522 Å². The van der Waals surface area contributed by atoms with E-state index in [4.69, 9.17) is 19.9 Å². The fraction of sp³-hybridized carbons (Fsp3) is 0.412. The maximum Gasteiger partial charge on any atom is 0.229 e. The number of hydrogen-bond acceptors (Lipinski definition) is 16. The number of fused-ring (bicyclic) bond motifs is 2. The van der Waals surface area contributed by atoms with Crippen LogP contribution >= 0.6 is 0 Å². The second-order valence-corrected chi connectivity index (χ2v) is 24.3. The van der Waals surface area contributed by atoms with Gasteiger partial charge in [0.15, 0.2) is 17.0 Å². The van der Waals surface area contributed by atoms with E-state index in [2.05, 4.69) is 91.4 Å². The van der Waals surface area contributed by atoms with Crippen LogP contribution in [-0.2, 0) is 19.2 Å². The fourth-order valence-electron chi connectivity index (χ4n) is 13.6. The summed E-state index contributed by atoms with van der Waals surface area (Å²) in [5.41, 5.74) is 8.57. The highest BCUT2D eigenvalue weighted by Gasteiger charge is 2.45. The number of aliphatic hydroxyl groups is 4. The first-order valence-electron chi connectivity index (χ1n) is 31.6. The number of carbonyl (C=O) groups is 4. The molecule has 10 atom stereocenters. The molecule has 8 aromatic rings. The van der Waals surface area contributed by atoms with Crippen molar-refractivity contribution in [1.29, 1.82) is 0 Å². The molecule has 4 fully saturated rings. The van der Waals surface area contributed by atoms with E-state index in [0.717, 1.165) is 39.1 Å². The van der Waals surface area contributed by atoms with Gasteiger partial charge in [0.05, 0.1) is 48.0 Å². The third-order valence-corrected chi connectivity index (χ3v) is 18.5. The Morgan fingerprint density at radius 1 is 0.522 bits per heavy atom. The molecule has 22 heteroatoms. The molecular weight excluding hydrogens is 1140 g/mol. The van der Waals surface area contributed by atoms with E-state index in [1.54, 1.807) is 31.1 Å². The Hall–Kier alpha value is -8.96. The Morgan fingerprint density at radius 2 is 0.978 bits per heavy atom. The van der Waals surface area contributed by atoms with Crippen LogP contribution in [0.15, 0.2) is 146 Å². The molecule has 5 unspecified atom stereocenters. The number of amides is 4. The summed E-state index contributed by atoms with van der Waals surface area (Å²) in [4.78, 5) is 76.3. The van der Waals surface area contributed by atoms with Crippen LogP contribution in [-0.4, -0.2) is 161 Å². The quantitative estimate of drug-likeness (QED) is 0.0370. The summed E-state index contributed by atoms with van der Waals surface area (Å²) in [6.07, 6.45) is 0.853. The molecule has 5 aromatic carbocycles. The van der Waals surface area contributed by atoms with Crippen molar-refractivity contribution >= 4 is 69.0 Å². The van der Waals surface area contributed by atoms with Crippen molar-refractivity contribution in [2.24, 2.45) is 0 Å². The van der Waals surface area contributed by atoms with Gasteiger partial charge in [0, 0.05) is 94.6 Å². The Kier molecular flexibility index (Phi) is 18.7. The SMILES string of the molecule is CCC(=O)NC1CC(n2cnc3c(NCC(c4ccccc4)c4ccccc4)cc(N4CC[C@@H](NC(=O)CCC(=O)NC5CCN(c6nc(NCC(c7ccccc7)c7ccccc7)c7ncn([C@@H]8C[C@H](NC(=O)CC)C(O)C8O)c7n6)C5)C4)cc32)[C@H](O)[C@@H]1O. The van der Waals surface area contributed by atoms with E-state index in [9.17, 15) is 39.6 Å². The Bertz CT molecular complexity index is 3460. The Balaban J connectivity index is 0.711. The first-order valence-corrected chi connectivity index (χ1v) is 31.6. The summed E-state index contributed by atoms with van der Waals surface area (Å²) >= 11 is 0. The first kappa shape index (κ1) is 61.3. The van der Waals surface area contributed by atoms with E-state index in [1.807, 2.05) is 88.3 Å². The minimum Gasteiger partial charge on any atom is -0.388 e. The predicted molar refractivity (Wildman–Crippen MR) is 344 cm³/mol. The number of aromatic nitrogens is 6. The highest BCUT2D eigenvalue weighted by atomic mass is 16.3. The van der Waals surface area contributed by atoms with Crippen molar-refractivity contribution in [2.45, 2.75) is 138 Å². The van der Waals surface area contributed by atoms with Gasteiger partial charge in [-0.25, -0.2) is 9.97 Å². The minimum atomic E-state index is -1.21. The summed E-state index contributed by atoms with van der Waals surface area (Å²) in [7, 11) is 0. The van der Waals surface area contributed by atoms with Crippen molar-refractivity contribution in [3.8, 4) is 0 Å². The lowest BCUT2D eigenvalue weighted by Crippen LogP contribution is -2.42. The largest absolute Gasteiger partial charge is 0.388 e. The van der Waals surface area contributed by atoms with Crippen LogP contribution in [0.3, 0.4) is 0 Å². The van der Waals surface area contributed by atoms with Crippen LogP contribution in [0, 0.1) is 0 Å². The lowest BCUT2D eigenvalue weighted by atomic mass is 9.91. The summed E-state index contributed by atoms with van der Waals surface area (Å²) in [6, 6.07) is 42.3. The number of benzene rings is 5. The first-order chi connectivity index (χ1) is 43.8. The van der Waals surface area contributed by atoms with Crippen LogP contribution in [0.4, 0.5) is 23.1 Å². The van der Waals surface area contributed by atoms with Crippen LogP contribution in [0.1, 0.15) is 111 Å². The summed E-state index contributed by atoms with van der Waals surface area (Å²) in [6.45, 7) is 6.56. The molecule has 5 heterocycles. The normalized spacial score (nSPS) is 23.2. The average Bonchev–Trinajstić information content (AvgIpc) is 1.66. The zero-order valence-corrected chi connectivity index (χ0v) is 50.7. The van der Waals surface area contributed by atoms with Gasteiger partial charge in [0.2, 0.25) is 29.6 Å². The van der Waals surface area contributed by atoms with Gasteiger partial charge >= 0.3 is 0 Å². The number of aliphatic hydroxyl groups excluding tert-OH is 4. The van der Waals surface area contributed by atoms with Gasteiger partial charge in [-0.3, -0.25) is 19.2 Å². The fourth-order valence-corrected chi connectivity index (χ4v) is 13.6. The van der Waals surface area contributed by atoms with E-state index in [-0.39, 0.29) is 79.7 Å². The number of nitrogens with one attached hydrogen (secondary N) is 6. The van der Waals surface area contributed by atoms with Gasteiger partial charge in [-0.1, -0.05) is 135 Å². The zero-order chi connectivity index (χ0) is 62.4. The molecule has 2 aliphatic heterocycles. The number of hydrogen-bond donors (Lipinski definition) is 10. The number of imidazole rings is 2. The number of nitrogens with zero attached hydrogens (tertiary/aromatic N) is 8. The summed E-state index contributed by atoms with van der Waals surface area (Å²) in [5, 5.41) is 64.6. The second-order valence-electron chi connectivity index (χ2n) is 24.3. The van der Waals surface area contributed by atoms with Crippen molar-refractivity contribution < 1.29 is 39.6 Å². The van der Waals surface area contributed by atoms with Crippen LogP contribution in [0.25, 0.3) is 22.2 Å². The van der Waals surface area contributed by atoms with Crippen LogP contribution < -0.4 is 41.7 Å². The smallest absolute Gasteiger partial charge is 0.229 e. The van der Waals surface area contributed by atoms with Crippen molar-refractivity contribution in [2.75, 3.05) is 59.7 Å². The van der Waals surface area contributed by atoms with E-state index in [0.29, 0.717) is 87.0 Å². The van der Waals surface area contributed by atoms with Gasteiger partial charge in [0.25, 0.3) is 0 Å². The molecular formula is C68H80N14O8. The van der Waals surface area contributed by atoms with Gasteiger partial charge in [-0.2, -0.15) is 9.97 Å². The lowest BCUT2D eigenvalue weighted by molar-refractivity contribution is -0.127. The van der Waals surface area contributed by atoms with Crippen molar-refractivity contribution in [1.82, 2.24) is 50.3 Å². The van der Waals surface area contributed by atoms with Gasteiger partial charge in [-0.05, 0) is 60.1 Å². The summed E-state index contributed by atoms with van der Waals surface area (Å²) < 4.78 is 3.67. The molecule has 2 saturated heterocycles. The summed E-state index contributed by atoms with van der Waals surface area (Å²) in [5.74, 6) is -0.0754. The molecule has 4 aliphatic rings. The molecule has 2 saturated carbocycles. The van der Waals surface area contributed by atoms with Crippen molar-refractivity contribution in [3.05, 3.63) is 168 Å². The van der Waals surface area contributed by atoms with Crippen LogP contribution in [0.2, 0.25) is 0 Å². The molecule has 4 amide bonds. The topological polar surface area (TPSA) is 289 Å². The molecule has 2 aliphatic carbocycles. The van der Waals surface area contributed by atoms with Crippen molar-refractivity contribution in [3.63, 3.8) is 0 Å². The molecule has 0 bridgehead atoms. The van der Waals surface area contributed by atoms with Gasteiger partial charge in [0.1, 0.15) is 29.9 Å². The van der Waals surface area contributed by atoms with E-state index in [1.165, 1.54) is 0 Å². The lowest BCUT2D eigenvalue weighted by Gasteiger charge is -2.24. The minimum absolute atomic E-state index is 0.00625. The standard InChI is InChI=1S/C68H80N14O8/c1-3-56(83)75-51-33-54(64(89)62(51)87)81-39-71-60-50(69-35-48(41-17-9-5-10-18-41)42-19-11-6-12-20-42)31-47(32-53(60)81)79-29-27-45(37-79)73-58(85)25-26-59(86)74-46-28-30-80(38-46)68-77-66(70-36-49(43-21-13-7-14-22-43)44-23-15-8-16-24-44)61-67(78-68)82(40-72-61)55-34-52(63(88)65(55)90)76-57(84)4-2/h5-24,31-32,39-40,45-46,48-49,51-52,54-55,62-65,69,87-90H,3-4,25-30,33-38H2,1-2H3,(H,73,85)(H,74,86)(H,75,83)(H,76,84)(H,70,77,78)/t45-,46?,51?,52+,54?,55-,62-,63?,64+,65?/m1/s1. The highest BCUT2D eigenvalue weighted by molar-refractivity contribution is 5.93. The molecule has 0 radical (unpaired) electrons. The van der Waals surface area contributed by atoms with E-state index < -0.39 is 48.6 Å². The average molecular weight is 1220 g/mol. The number of anilines is 4.